The van der Waals surface area contributed by atoms with Crippen molar-refractivity contribution in [1.29, 1.82) is 0 Å². The van der Waals surface area contributed by atoms with Gasteiger partial charge in [0.1, 0.15) is 10.6 Å². The lowest BCUT2D eigenvalue weighted by Crippen LogP contribution is -2.14. The number of nitrogens with one attached hydrogen (secondary N) is 1. The molecule has 0 unspecified atom stereocenters. The zero-order valence-corrected chi connectivity index (χ0v) is 16.4. The van der Waals surface area contributed by atoms with E-state index in [0.717, 1.165) is 4.88 Å². The first-order chi connectivity index (χ1) is 11.8. The molecule has 0 radical (unpaired) electrons. The number of sulfonamides is 1. The molecular weight excluding hydrogens is 378 g/mol. The number of anilines is 1. The molecule has 0 fully saturated rings. The van der Waals surface area contributed by atoms with Crippen LogP contribution in [0.3, 0.4) is 0 Å². The predicted molar refractivity (Wildman–Crippen MR) is 103 cm³/mol. The molecule has 2 aromatic heterocycles. The van der Waals surface area contributed by atoms with Crippen LogP contribution >= 0.6 is 22.9 Å². The largest absolute Gasteiger partial charge is 0.279 e. The minimum Gasteiger partial charge on any atom is -0.279 e. The number of thiophene rings is 1. The normalized spacial score (nSPS) is 11.9. The molecule has 0 atom stereocenters. The summed E-state index contributed by atoms with van der Waals surface area (Å²) in [7, 11) is -3.81. The molecule has 0 aliphatic carbocycles. The summed E-state index contributed by atoms with van der Waals surface area (Å²) in [6.07, 6.45) is 1.57. The van der Waals surface area contributed by atoms with Gasteiger partial charge in [0.15, 0.2) is 0 Å². The summed E-state index contributed by atoms with van der Waals surface area (Å²) in [6.45, 7) is 5.68. The molecule has 5 nitrogen and oxygen atoms in total. The molecule has 1 aromatic carbocycles. The first kappa shape index (κ1) is 18.0. The van der Waals surface area contributed by atoms with Gasteiger partial charge < -0.3 is 0 Å². The Kier molecular flexibility index (Phi) is 4.90. The van der Waals surface area contributed by atoms with Crippen LogP contribution in [0.15, 0.2) is 46.8 Å². The highest BCUT2D eigenvalue weighted by atomic mass is 35.5. The van der Waals surface area contributed by atoms with Crippen molar-refractivity contribution in [3.63, 3.8) is 0 Å². The van der Waals surface area contributed by atoms with Crippen molar-refractivity contribution in [1.82, 2.24) is 9.78 Å². The molecule has 3 aromatic rings. The van der Waals surface area contributed by atoms with Gasteiger partial charge in [0.2, 0.25) is 0 Å². The van der Waals surface area contributed by atoms with E-state index in [1.165, 1.54) is 11.3 Å². The summed E-state index contributed by atoms with van der Waals surface area (Å²) in [5.41, 5.74) is 1.60. The van der Waals surface area contributed by atoms with E-state index >= 15 is 0 Å². The van der Waals surface area contributed by atoms with Crippen LogP contribution in [0, 0.1) is 6.92 Å². The van der Waals surface area contributed by atoms with E-state index in [9.17, 15) is 8.42 Å². The van der Waals surface area contributed by atoms with Crippen molar-refractivity contribution < 1.29 is 8.42 Å². The lowest BCUT2D eigenvalue weighted by atomic mass is 10.2. The van der Waals surface area contributed by atoms with Crippen molar-refractivity contribution in [2.24, 2.45) is 0 Å². The molecular formula is C17H18ClN3O2S2. The van der Waals surface area contributed by atoms with Crippen molar-refractivity contribution in [2.45, 2.75) is 31.7 Å². The molecule has 0 aliphatic rings. The van der Waals surface area contributed by atoms with Crippen molar-refractivity contribution in [3.05, 3.63) is 52.5 Å². The van der Waals surface area contributed by atoms with Crippen molar-refractivity contribution in [3.8, 4) is 10.6 Å². The van der Waals surface area contributed by atoms with Gasteiger partial charge in [0, 0.05) is 17.3 Å². The Morgan fingerprint density at radius 3 is 2.64 bits per heavy atom. The highest BCUT2D eigenvalue weighted by molar-refractivity contribution is 7.92. The van der Waals surface area contributed by atoms with Gasteiger partial charge in [-0.1, -0.05) is 23.7 Å². The van der Waals surface area contributed by atoms with Crippen LogP contribution in [0.4, 0.5) is 5.69 Å². The van der Waals surface area contributed by atoms with Crippen molar-refractivity contribution >= 4 is 38.6 Å². The topological polar surface area (TPSA) is 64.0 Å². The fourth-order valence-corrected chi connectivity index (χ4v) is 4.57. The van der Waals surface area contributed by atoms with Crippen LogP contribution in [0.25, 0.3) is 10.6 Å². The number of nitrogens with zero attached hydrogens (tertiary/aromatic N) is 2. The first-order valence-corrected chi connectivity index (χ1v) is 10.4. The number of benzene rings is 1. The smallest absolute Gasteiger partial charge is 0.265 e. The fourth-order valence-electron chi connectivity index (χ4n) is 2.34. The summed E-state index contributed by atoms with van der Waals surface area (Å²) in [4.78, 5) is 0.964. The van der Waals surface area contributed by atoms with Crippen LogP contribution in [-0.2, 0) is 10.0 Å². The quantitative estimate of drug-likeness (QED) is 0.664. The van der Waals surface area contributed by atoms with Gasteiger partial charge >= 0.3 is 0 Å². The van der Waals surface area contributed by atoms with Crippen molar-refractivity contribution in [2.75, 3.05) is 4.72 Å². The average molecular weight is 396 g/mol. The van der Waals surface area contributed by atoms with E-state index < -0.39 is 10.0 Å². The third-order valence-electron chi connectivity index (χ3n) is 3.78. The van der Waals surface area contributed by atoms with E-state index in [1.807, 2.05) is 31.4 Å². The lowest BCUT2D eigenvalue weighted by molar-refractivity contribution is 0.532. The second kappa shape index (κ2) is 6.82. The van der Waals surface area contributed by atoms with Crippen LogP contribution in [0.2, 0.25) is 5.02 Å². The third-order valence-corrected chi connectivity index (χ3v) is 6.44. The summed E-state index contributed by atoms with van der Waals surface area (Å²) in [6, 6.07) is 8.92. The monoisotopic (exact) mass is 395 g/mol. The standard InChI is InChI=1S/C17H18ClN3O2S2/c1-11(2)21-10-16(17(19-21)15-8-5-9-24-15)25(22,23)20-14-7-4-6-13(18)12(14)3/h4-11,20H,1-3H3. The molecule has 0 spiro atoms. The molecule has 0 bridgehead atoms. The van der Waals surface area contributed by atoms with E-state index in [-0.39, 0.29) is 10.9 Å². The summed E-state index contributed by atoms with van der Waals surface area (Å²) in [5.74, 6) is 0. The van der Waals surface area contributed by atoms with Crippen LogP contribution in [-0.4, -0.2) is 18.2 Å². The maximum atomic E-state index is 13.0. The third kappa shape index (κ3) is 3.58. The molecule has 25 heavy (non-hydrogen) atoms. The number of halogens is 1. The predicted octanol–water partition coefficient (Wildman–Crippen LogP) is 4.96. The van der Waals surface area contributed by atoms with Crippen LogP contribution < -0.4 is 4.72 Å². The molecule has 2 heterocycles. The number of hydrogen-bond donors (Lipinski definition) is 1. The summed E-state index contributed by atoms with van der Waals surface area (Å²) < 4.78 is 30.3. The minimum absolute atomic E-state index is 0.0515. The highest BCUT2D eigenvalue weighted by Crippen LogP contribution is 2.32. The fraction of sp³-hybridized carbons (Fsp3) is 0.235. The van der Waals surface area contributed by atoms with Gasteiger partial charge in [-0.3, -0.25) is 9.40 Å². The molecule has 3 rings (SSSR count). The van der Waals surface area contributed by atoms with Gasteiger partial charge in [-0.2, -0.15) is 5.10 Å². The summed E-state index contributed by atoms with van der Waals surface area (Å²) >= 11 is 7.55. The maximum Gasteiger partial charge on any atom is 0.265 e. The number of hydrogen-bond acceptors (Lipinski definition) is 4. The molecule has 0 amide bonds. The van der Waals surface area contributed by atoms with Gasteiger partial charge in [-0.05, 0) is 49.9 Å². The van der Waals surface area contributed by atoms with Gasteiger partial charge in [0.25, 0.3) is 10.0 Å². The van der Waals surface area contributed by atoms with Gasteiger partial charge in [0.05, 0.1) is 10.6 Å². The summed E-state index contributed by atoms with van der Waals surface area (Å²) in [5, 5.41) is 6.89. The lowest BCUT2D eigenvalue weighted by Gasteiger charge is -2.11. The Morgan fingerprint density at radius 1 is 1.24 bits per heavy atom. The Hall–Kier alpha value is -1.83. The molecule has 1 N–H and O–H groups in total. The molecule has 0 aliphatic heterocycles. The second-order valence-electron chi connectivity index (χ2n) is 5.91. The molecule has 0 saturated heterocycles. The van der Waals surface area contributed by atoms with Gasteiger partial charge in [-0.25, -0.2) is 8.42 Å². The van der Waals surface area contributed by atoms with Crippen LogP contribution in [0.5, 0.6) is 0 Å². The van der Waals surface area contributed by atoms with Gasteiger partial charge in [-0.15, -0.1) is 11.3 Å². The SMILES string of the molecule is Cc1c(Cl)cccc1NS(=O)(=O)c1cn(C(C)C)nc1-c1cccs1. The van der Waals surface area contributed by atoms with E-state index in [4.69, 9.17) is 11.6 Å². The highest BCUT2D eigenvalue weighted by Gasteiger charge is 2.25. The molecule has 0 saturated carbocycles. The molecule has 132 valence electrons. The van der Waals surface area contributed by atoms with Crippen LogP contribution in [0.1, 0.15) is 25.5 Å². The van der Waals surface area contributed by atoms with E-state index in [2.05, 4.69) is 9.82 Å². The van der Waals surface area contributed by atoms with E-state index in [1.54, 1.807) is 36.0 Å². The Morgan fingerprint density at radius 2 is 2.00 bits per heavy atom. The Balaban J connectivity index is 2.09. The Labute approximate surface area is 156 Å². The zero-order chi connectivity index (χ0) is 18.2. The van der Waals surface area contributed by atoms with E-state index in [0.29, 0.717) is 22.0 Å². The minimum atomic E-state index is -3.81. The Bertz CT molecular complexity index is 993. The number of rotatable bonds is 5. The second-order valence-corrected chi connectivity index (χ2v) is 8.92. The zero-order valence-electron chi connectivity index (χ0n) is 14.0. The first-order valence-electron chi connectivity index (χ1n) is 7.70. The number of aromatic nitrogens is 2. The molecule has 8 heteroatoms. The maximum absolute atomic E-state index is 13.0. The average Bonchev–Trinajstić information content (AvgIpc) is 3.20.